The van der Waals surface area contributed by atoms with Crippen LogP contribution >= 0.6 is 23.2 Å². The minimum Gasteiger partial charge on any atom is -0.548 e. The van der Waals surface area contributed by atoms with Gasteiger partial charge in [-0.15, -0.1) is 0 Å². The molecule has 5 nitrogen and oxygen atoms in total. The summed E-state index contributed by atoms with van der Waals surface area (Å²) in [6.45, 7) is -0.769. The molecule has 1 unspecified atom stereocenters. The third-order valence-electron chi connectivity index (χ3n) is 0.982. The summed E-state index contributed by atoms with van der Waals surface area (Å²) in [7, 11) is 0. The Labute approximate surface area is 78.3 Å². The van der Waals surface area contributed by atoms with Gasteiger partial charge in [-0.3, -0.25) is 4.79 Å². The highest BCUT2D eigenvalue weighted by Gasteiger charge is 2.16. The molecular formula is C5H6Cl2NO4-. The Hall–Kier alpha value is -0.520. The first-order valence-corrected chi connectivity index (χ1v) is 3.76. The van der Waals surface area contributed by atoms with Gasteiger partial charge in [0.05, 0.1) is 18.6 Å². The molecule has 0 saturated heterocycles. The van der Waals surface area contributed by atoms with Crippen LogP contribution in [0.3, 0.4) is 0 Å². The Morgan fingerprint density at radius 1 is 1.50 bits per heavy atom. The maximum Gasteiger partial charge on any atom is 0.253 e. The molecule has 0 heterocycles. The largest absolute Gasteiger partial charge is 0.548 e. The number of halogens is 2. The fourth-order valence-electron chi connectivity index (χ4n) is 0.414. The molecule has 0 saturated carbocycles. The minimum absolute atomic E-state index is 0.769. The number of amides is 1. The van der Waals surface area contributed by atoms with E-state index in [4.69, 9.17) is 28.3 Å². The number of carbonyl (C=O) groups excluding carboxylic acids is 2. The van der Waals surface area contributed by atoms with Crippen molar-refractivity contribution in [3.63, 3.8) is 0 Å². The maximum absolute atomic E-state index is 10.6. The molecule has 0 bridgehead atoms. The van der Waals surface area contributed by atoms with Crippen LogP contribution in [-0.2, 0) is 9.59 Å². The lowest BCUT2D eigenvalue weighted by molar-refractivity contribution is -0.309. The van der Waals surface area contributed by atoms with Gasteiger partial charge in [0.1, 0.15) is 0 Å². The van der Waals surface area contributed by atoms with E-state index in [9.17, 15) is 14.7 Å². The molecular weight excluding hydrogens is 209 g/mol. The summed E-state index contributed by atoms with van der Waals surface area (Å²) < 4.78 is 0. The number of carboxylic acids is 1. The van der Waals surface area contributed by atoms with Crippen LogP contribution in [0.5, 0.6) is 0 Å². The molecule has 0 radical (unpaired) electrons. The molecule has 1 amide bonds. The predicted octanol–water partition coefficient (Wildman–Crippen LogP) is -1.98. The Morgan fingerprint density at radius 3 is 2.25 bits per heavy atom. The van der Waals surface area contributed by atoms with Crippen molar-refractivity contribution in [3.05, 3.63) is 0 Å². The predicted molar refractivity (Wildman–Crippen MR) is 39.5 cm³/mol. The highest BCUT2D eigenvalue weighted by molar-refractivity contribution is 6.53. The molecule has 70 valence electrons. The summed E-state index contributed by atoms with van der Waals surface area (Å²) in [6, 6.07) is -1.47. The van der Waals surface area contributed by atoms with Crippen molar-refractivity contribution in [2.45, 2.75) is 10.9 Å². The highest BCUT2D eigenvalue weighted by Crippen LogP contribution is 2.00. The summed E-state index contributed by atoms with van der Waals surface area (Å²) in [4.78, 5) is 19.4. The van der Waals surface area contributed by atoms with Gasteiger partial charge in [-0.2, -0.15) is 0 Å². The number of hydrogen-bond donors (Lipinski definition) is 2. The first kappa shape index (κ1) is 11.5. The van der Waals surface area contributed by atoms with E-state index in [-0.39, 0.29) is 0 Å². The Balaban J connectivity index is 4.03. The molecule has 2 N–H and O–H groups in total. The van der Waals surface area contributed by atoms with E-state index < -0.39 is 29.4 Å². The lowest BCUT2D eigenvalue weighted by Gasteiger charge is -2.16. The first-order chi connectivity index (χ1) is 5.49. The van der Waals surface area contributed by atoms with E-state index in [1.54, 1.807) is 0 Å². The van der Waals surface area contributed by atoms with Gasteiger partial charge in [-0.25, -0.2) is 0 Å². The van der Waals surface area contributed by atoms with Gasteiger partial charge in [0.15, 0.2) is 4.84 Å². The molecule has 0 fully saturated rings. The second-order valence-corrected chi connectivity index (χ2v) is 2.96. The zero-order chi connectivity index (χ0) is 9.72. The number of aliphatic carboxylic acids is 1. The zero-order valence-electron chi connectivity index (χ0n) is 5.79. The van der Waals surface area contributed by atoms with E-state index in [0.717, 1.165) is 0 Å². The second kappa shape index (κ2) is 5.18. The lowest BCUT2D eigenvalue weighted by atomic mass is 10.3. The molecule has 0 aliphatic heterocycles. The molecule has 0 aromatic rings. The molecule has 0 spiro atoms. The molecule has 0 aromatic carbocycles. The molecule has 0 aliphatic rings. The van der Waals surface area contributed by atoms with Crippen LogP contribution < -0.4 is 10.4 Å². The molecule has 0 rings (SSSR count). The fourth-order valence-corrected chi connectivity index (χ4v) is 0.540. The van der Waals surface area contributed by atoms with Gasteiger partial charge >= 0.3 is 0 Å². The van der Waals surface area contributed by atoms with Gasteiger partial charge in [0, 0.05) is 0 Å². The number of hydrogen-bond acceptors (Lipinski definition) is 4. The van der Waals surface area contributed by atoms with Crippen LogP contribution in [0.25, 0.3) is 0 Å². The number of rotatable bonds is 4. The number of aliphatic hydroxyl groups excluding tert-OH is 1. The van der Waals surface area contributed by atoms with Gasteiger partial charge in [0.25, 0.3) is 5.91 Å². The van der Waals surface area contributed by atoms with Gasteiger partial charge in [-0.05, 0) is 0 Å². The molecule has 0 aromatic heterocycles. The number of carbonyl (C=O) groups is 2. The normalized spacial score (nSPS) is 12.7. The van der Waals surface area contributed by atoms with E-state index in [1.165, 1.54) is 0 Å². The van der Waals surface area contributed by atoms with Crippen LogP contribution in [0.15, 0.2) is 0 Å². The van der Waals surface area contributed by atoms with Gasteiger partial charge in [-0.1, -0.05) is 23.2 Å². The van der Waals surface area contributed by atoms with E-state index in [0.29, 0.717) is 0 Å². The topological polar surface area (TPSA) is 89.5 Å². The van der Waals surface area contributed by atoms with Crippen molar-refractivity contribution in [1.82, 2.24) is 5.32 Å². The van der Waals surface area contributed by atoms with Crippen LogP contribution in [0.4, 0.5) is 0 Å². The Kier molecular flexibility index (Phi) is 4.96. The van der Waals surface area contributed by atoms with Crippen molar-refractivity contribution in [3.8, 4) is 0 Å². The fraction of sp³-hybridized carbons (Fsp3) is 0.600. The summed E-state index contributed by atoms with van der Waals surface area (Å²) >= 11 is 10.2. The summed E-state index contributed by atoms with van der Waals surface area (Å²) in [6.07, 6.45) is 0. The SMILES string of the molecule is O=C(NC(CO)C(=O)[O-])C(Cl)Cl. The zero-order valence-corrected chi connectivity index (χ0v) is 7.30. The first-order valence-electron chi connectivity index (χ1n) is 2.89. The highest BCUT2D eigenvalue weighted by atomic mass is 35.5. The monoisotopic (exact) mass is 214 g/mol. The van der Waals surface area contributed by atoms with E-state index >= 15 is 0 Å². The van der Waals surface area contributed by atoms with Crippen molar-refractivity contribution >= 4 is 35.1 Å². The number of alkyl halides is 2. The van der Waals surface area contributed by atoms with Crippen LogP contribution in [-0.4, -0.2) is 34.5 Å². The number of aliphatic hydroxyl groups is 1. The van der Waals surface area contributed by atoms with Crippen molar-refractivity contribution < 1.29 is 19.8 Å². The standard InChI is InChI=1S/C5H7Cl2NO4/c6-3(7)4(10)8-2(1-9)5(11)12/h2-3,9H,1H2,(H,8,10)(H,11,12)/p-1. The lowest BCUT2D eigenvalue weighted by Crippen LogP contribution is -2.51. The third-order valence-corrected chi connectivity index (χ3v) is 1.38. The Morgan fingerprint density at radius 2 is 2.00 bits per heavy atom. The van der Waals surface area contributed by atoms with Gasteiger partial charge in [0.2, 0.25) is 0 Å². The number of nitrogens with one attached hydrogen (secondary N) is 1. The quantitative estimate of drug-likeness (QED) is 0.531. The Bertz CT molecular complexity index is 184. The summed E-state index contributed by atoms with van der Waals surface area (Å²) in [5.41, 5.74) is 0. The smallest absolute Gasteiger partial charge is 0.253 e. The summed E-state index contributed by atoms with van der Waals surface area (Å²) in [5.74, 6) is -2.48. The average molecular weight is 215 g/mol. The van der Waals surface area contributed by atoms with Crippen molar-refractivity contribution in [2.24, 2.45) is 0 Å². The van der Waals surface area contributed by atoms with Crippen molar-refractivity contribution in [2.75, 3.05) is 6.61 Å². The van der Waals surface area contributed by atoms with Gasteiger partial charge < -0.3 is 20.3 Å². The third kappa shape index (κ3) is 3.75. The minimum atomic E-state index is -1.60. The molecule has 7 heteroatoms. The maximum atomic E-state index is 10.6. The average Bonchev–Trinajstić information content (AvgIpc) is 1.98. The van der Waals surface area contributed by atoms with Crippen LogP contribution in [0.1, 0.15) is 0 Å². The molecule has 12 heavy (non-hydrogen) atoms. The van der Waals surface area contributed by atoms with E-state index in [2.05, 4.69) is 0 Å². The van der Waals surface area contributed by atoms with Crippen molar-refractivity contribution in [1.29, 1.82) is 0 Å². The second-order valence-electron chi connectivity index (χ2n) is 1.86. The summed E-state index contributed by atoms with van der Waals surface area (Å²) in [5, 5.41) is 20.4. The number of carboxylic acid groups (broad SMARTS) is 1. The molecule has 0 aliphatic carbocycles. The van der Waals surface area contributed by atoms with E-state index in [1.807, 2.05) is 5.32 Å². The molecule has 1 atom stereocenters. The van der Waals surface area contributed by atoms with Crippen LogP contribution in [0, 0.1) is 0 Å². The van der Waals surface area contributed by atoms with Crippen LogP contribution in [0.2, 0.25) is 0 Å².